The summed E-state index contributed by atoms with van der Waals surface area (Å²) in [5, 5.41) is 2.85. The maximum atomic E-state index is 14.4. The second-order valence-electron chi connectivity index (χ2n) is 6.53. The number of hydrogen-bond donors (Lipinski definition) is 2. The molecule has 1 heterocycles. The summed E-state index contributed by atoms with van der Waals surface area (Å²) in [6.45, 7) is 2.09. The smallest absolute Gasteiger partial charge is 0.240 e. The SMILES string of the molecule is Cc1nccn1-c1ccc(CNC(=O)C2(N)CCCCC2)cc1F.Cl.Cl. The second-order valence-corrected chi connectivity index (χ2v) is 6.53. The van der Waals surface area contributed by atoms with Crippen molar-refractivity contribution in [2.45, 2.75) is 51.1 Å². The molecule has 0 spiro atoms. The number of imidazole rings is 1. The highest BCUT2D eigenvalue weighted by molar-refractivity contribution is 5.86. The molecule has 1 amide bonds. The van der Waals surface area contributed by atoms with Gasteiger partial charge in [0, 0.05) is 18.9 Å². The number of benzene rings is 1. The van der Waals surface area contributed by atoms with E-state index in [2.05, 4.69) is 10.3 Å². The van der Waals surface area contributed by atoms with Crippen LogP contribution in [0.2, 0.25) is 0 Å². The number of nitrogens with one attached hydrogen (secondary N) is 1. The summed E-state index contributed by atoms with van der Waals surface area (Å²) in [4.78, 5) is 16.4. The van der Waals surface area contributed by atoms with Crippen LogP contribution in [0.1, 0.15) is 43.5 Å². The van der Waals surface area contributed by atoms with E-state index < -0.39 is 5.54 Å². The Morgan fingerprint density at radius 1 is 1.31 bits per heavy atom. The molecule has 144 valence electrons. The summed E-state index contributed by atoms with van der Waals surface area (Å²) >= 11 is 0. The Morgan fingerprint density at radius 2 is 2.00 bits per heavy atom. The Balaban J connectivity index is 0.00000169. The molecule has 1 saturated carbocycles. The number of rotatable bonds is 4. The highest BCUT2D eigenvalue weighted by atomic mass is 35.5. The molecule has 1 aromatic carbocycles. The van der Waals surface area contributed by atoms with Crippen molar-refractivity contribution in [2.24, 2.45) is 5.73 Å². The van der Waals surface area contributed by atoms with E-state index in [9.17, 15) is 9.18 Å². The maximum Gasteiger partial charge on any atom is 0.240 e. The Morgan fingerprint density at radius 3 is 2.58 bits per heavy atom. The van der Waals surface area contributed by atoms with Gasteiger partial charge < -0.3 is 15.6 Å². The fourth-order valence-corrected chi connectivity index (χ4v) is 3.26. The van der Waals surface area contributed by atoms with Crippen molar-refractivity contribution in [2.75, 3.05) is 0 Å². The standard InChI is InChI=1S/C18H23FN4O.2ClH/c1-13-21-9-10-23(13)16-6-5-14(11-15(16)19)12-22-17(24)18(20)7-3-2-4-8-18;;/h5-6,9-11H,2-4,7-8,12,20H2,1H3,(H,22,24);2*1H. The van der Waals surface area contributed by atoms with Gasteiger partial charge in [0.2, 0.25) is 5.91 Å². The molecule has 0 radical (unpaired) electrons. The molecule has 3 N–H and O–H groups in total. The minimum atomic E-state index is -0.773. The number of halogens is 3. The molecule has 3 rings (SSSR count). The van der Waals surface area contributed by atoms with Crippen molar-refractivity contribution in [3.05, 3.63) is 47.8 Å². The number of nitrogens with zero attached hydrogens (tertiary/aromatic N) is 2. The van der Waals surface area contributed by atoms with Crippen molar-refractivity contribution >= 4 is 30.7 Å². The van der Waals surface area contributed by atoms with Crippen LogP contribution >= 0.6 is 24.8 Å². The molecular weight excluding hydrogens is 378 g/mol. The molecular formula is C18H25Cl2FN4O. The summed E-state index contributed by atoms with van der Waals surface area (Å²) in [5.74, 6) is 0.234. The molecule has 1 fully saturated rings. The molecule has 0 unspecified atom stereocenters. The van der Waals surface area contributed by atoms with Crippen LogP contribution in [-0.2, 0) is 11.3 Å². The van der Waals surface area contributed by atoms with Crippen LogP contribution in [0.3, 0.4) is 0 Å². The van der Waals surface area contributed by atoms with Crippen LogP contribution in [-0.4, -0.2) is 21.0 Å². The van der Waals surface area contributed by atoms with E-state index in [0.717, 1.165) is 25.1 Å². The number of nitrogens with two attached hydrogens (primary N) is 1. The zero-order valence-electron chi connectivity index (χ0n) is 14.7. The third-order valence-electron chi connectivity index (χ3n) is 4.75. The van der Waals surface area contributed by atoms with Crippen molar-refractivity contribution in [1.82, 2.24) is 14.9 Å². The third kappa shape index (κ3) is 4.75. The molecule has 8 heteroatoms. The highest BCUT2D eigenvalue weighted by Crippen LogP contribution is 2.26. The lowest BCUT2D eigenvalue weighted by Crippen LogP contribution is -2.54. The fraction of sp³-hybridized carbons (Fsp3) is 0.444. The number of carbonyl (C=O) groups is 1. The molecule has 1 aliphatic carbocycles. The first-order chi connectivity index (χ1) is 11.5. The summed E-state index contributed by atoms with van der Waals surface area (Å²) in [5.41, 5.74) is 6.59. The van der Waals surface area contributed by atoms with E-state index in [-0.39, 0.29) is 43.1 Å². The molecule has 1 aromatic heterocycles. The Bertz CT molecular complexity index is 745. The Hall–Kier alpha value is -1.63. The average molecular weight is 403 g/mol. The zero-order chi connectivity index (χ0) is 17.2. The quantitative estimate of drug-likeness (QED) is 0.822. The summed E-state index contributed by atoms with van der Waals surface area (Å²) < 4.78 is 16.1. The number of carbonyl (C=O) groups excluding carboxylic acids is 1. The van der Waals surface area contributed by atoms with Gasteiger partial charge in [-0.2, -0.15) is 0 Å². The van der Waals surface area contributed by atoms with E-state index in [1.807, 2.05) is 13.0 Å². The van der Waals surface area contributed by atoms with Gasteiger partial charge in [0.05, 0.1) is 11.2 Å². The molecule has 0 bridgehead atoms. The Labute approximate surface area is 165 Å². The average Bonchev–Trinajstić information content (AvgIpc) is 2.99. The van der Waals surface area contributed by atoms with Gasteiger partial charge in [0.25, 0.3) is 0 Å². The molecule has 2 aromatic rings. The molecule has 26 heavy (non-hydrogen) atoms. The number of amides is 1. The summed E-state index contributed by atoms with van der Waals surface area (Å²) in [7, 11) is 0. The normalized spacial score (nSPS) is 15.5. The zero-order valence-corrected chi connectivity index (χ0v) is 16.3. The van der Waals surface area contributed by atoms with Crippen molar-refractivity contribution in [3.8, 4) is 5.69 Å². The van der Waals surface area contributed by atoms with E-state index in [1.54, 1.807) is 23.0 Å². The first-order valence-corrected chi connectivity index (χ1v) is 8.35. The molecule has 0 saturated heterocycles. The van der Waals surface area contributed by atoms with Gasteiger partial charge in [-0.3, -0.25) is 4.79 Å². The predicted octanol–water partition coefficient (Wildman–Crippen LogP) is 3.44. The molecule has 0 aliphatic heterocycles. The minimum absolute atomic E-state index is 0. The summed E-state index contributed by atoms with van der Waals surface area (Å²) in [6.07, 6.45) is 7.88. The first-order valence-electron chi connectivity index (χ1n) is 8.35. The van der Waals surface area contributed by atoms with Crippen LogP contribution in [0.15, 0.2) is 30.6 Å². The number of aryl methyl sites for hydroxylation is 1. The van der Waals surface area contributed by atoms with Gasteiger partial charge in [0.1, 0.15) is 11.6 Å². The van der Waals surface area contributed by atoms with Crippen LogP contribution in [0.25, 0.3) is 5.69 Å². The monoisotopic (exact) mass is 402 g/mol. The van der Waals surface area contributed by atoms with Gasteiger partial charge in [-0.15, -0.1) is 24.8 Å². The van der Waals surface area contributed by atoms with Gasteiger partial charge in [-0.1, -0.05) is 25.3 Å². The lowest BCUT2D eigenvalue weighted by Gasteiger charge is -2.31. The first kappa shape index (κ1) is 22.4. The van der Waals surface area contributed by atoms with Crippen molar-refractivity contribution < 1.29 is 9.18 Å². The maximum absolute atomic E-state index is 14.4. The number of hydrogen-bond acceptors (Lipinski definition) is 3. The van der Waals surface area contributed by atoms with Crippen LogP contribution in [0.4, 0.5) is 4.39 Å². The highest BCUT2D eigenvalue weighted by Gasteiger charge is 2.34. The largest absolute Gasteiger partial charge is 0.350 e. The topological polar surface area (TPSA) is 72.9 Å². The molecule has 1 aliphatic rings. The fourth-order valence-electron chi connectivity index (χ4n) is 3.26. The van der Waals surface area contributed by atoms with Crippen LogP contribution in [0, 0.1) is 12.7 Å². The minimum Gasteiger partial charge on any atom is -0.350 e. The summed E-state index contributed by atoms with van der Waals surface area (Å²) in [6, 6.07) is 4.95. The van der Waals surface area contributed by atoms with Crippen LogP contribution in [0.5, 0.6) is 0 Å². The van der Waals surface area contributed by atoms with Gasteiger partial charge in [-0.05, 0) is 37.5 Å². The third-order valence-corrected chi connectivity index (χ3v) is 4.75. The molecule has 0 atom stereocenters. The molecule has 5 nitrogen and oxygen atoms in total. The van der Waals surface area contributed by atoms with Crippen LogP contribution < -0.4 is 11.1 Å². The lowest BCUT2D eigenvalue weighted by molar-refractivity contribution is -0.127. The van der Waals surface area contributed by atoms with E-state index in [0.29, 0.717) is 24.1 Å². The van der Waals surface area contributed by atoms with Gasteiger partial charge in [0.15, 0.2) is 0 Å². The van der Waals surface area contributed by atoms with Gasteiger partial charge in [-0.25, -0.2) is 9.37 Å². The Kier molecular flexibility index (Phi) is 8.06. The number of aromatic nitrogens is 2. The van der Waals surface area contributed by atoms with Gasteiger partial charge >= 0.3 is 0 Å². The van der Waals surface area contributed by atoms with Crippen molar-refractivity contribution in [3.63, 3.8) is 0 Å². The second kappa shape index (κ2) is 9.35. The predicted molar refractivity (Wildman–Crippen MR) is 105 cm³/mol. The lowest BCUT2D eigenvalue weighted by atomic mass is 9.82. The van der Waals surface area contributed by atoms with Crippen molar-refractivity contribution in [1.29, 1.82) is 0 Å². The van der Waals surface area contributed by atoms with E-state index in [1.165, 1.54) is 6.07 Å². The van der Waals surface area contributed by atoms with E-state index in [4.69, 9.17) is 5.73 Å². The van der Waals surface area contributed by atoms with E-state index >= 15 is 0 Å².